The highest BCUT2D eigenvalue weighted by molar-refractivity contribution is 5.98. The summed E-state index contributed by atoms with van der Waals surface area (Å²) in [5.74, 6) is 0.0592. The summed E-state index contributed by atoms with van der Waals surface area (Å²) in [6.07, 6.45) is 1.72. The van der Waals surface area contributed by atoms with E-state index in [0.29, 0.717) is 51.9 Å². The van der Waals surface area contributed by atoms with E-state index in [0.717, 1.165) is 11.3 Å². The van der Waals surface area contributed by atoms with Crippen LogP contribution in [0.2, 0.25) is 0 Å². The fourth-order valence-electron chi connectivity index (χ4n) is 3.88. The lowest BCUT2D eigenvalue weighted by Crippen LogP contribution is -2.28. The molecule has 3 N–H and O–H groups in total. The first-order valence-corrected chi connectivity index (χ1v) is 9.20. The number of amides is 1. The number of benzene rings is 1. The summed E-state index contributed by atoms with van der Waals surface area (Å²) in [5, 5.41) is 12.7. The number of fused-ring (bicyclic) bond motifs is 2. The van der Waals surface area contributed by atoms with Crippen LogP contribution in [0.3, 0.4) is 0 Å². The number of anilines is 1. The minimum absolute atomic E-state index is 0.00214. The number of rotatable bonds is 4. The summed E-state index contributed by atoms with van der Waals surface area (Å²) < 4.78 is 17.0. The number of aryl methyl sites for hydroxylation is 1. The zero-order valence-corrected chi connectivity index (χ0v) is 16.3. The van der Waals surface area contributed by atoms with Crippen molar-refractivity contribution < 1.29 is 19.0 Å². The van der Waals surface area contributed by atoms with Gasteiger partial charge in [0, 0.05) is 23.0 Å². The summed E-state index contributed by atoms with van der Waals surface area (Å²) in [4.78, 5) is 16.9. The molecule has 3 heterocycles. The third-order valence-corrected chi connectivity index (χ3v) is 5.09. The average molecular weight is 392 g/mol. The predicted octanol–water partition coefficient (Wildman–Crippen LogP) is 2.71. The molecule has 0 radical (unpaired) electrons. The summed E-state index contributed by atoms with van der Waals surface area (Å²) in [5.41, 5.74) is 10.3. The van der Waals surface area contributed by atoms with Gasteiger partial charge < -0.3 is 25.3 Å². The molecule has 0 spiro atoms. The second-order valence-corrected chi connectivity index (χ2v) is 6.81. The number of aromatic nitrogens is 1. The summed E-state index contributed by atoms with van der Waals surface area (Å²) in [6.45, 7) is 6.01. The first-order valence-electron chi connectivity index (χ1n) is 9.20. The SMILES string of the molecule is CCOc1ncc(C)c2c1[C@H](c1ccc(C#N)c3c1OCO3)C(C(N)=O)=C(C)N2. The van der Waals surface area contributed by atoms with Crippen molar-refractivity contribution in [2.45, 2.75) is 26.7 Å². The minimum atomic E-state index is -0.583. The lowest BCUT2D eigenvalue weighted by Gasteiger charge is -2.32. The predicted molar refractivity (Wildman–Crippen MR) is 105 cm³/mol. The normalized spacial score (nSPS) is 16.7. The van der Waals surface area contributed by atoms with E-state index < -0.39 is 11.8 Å². The third-order valence-electron chi connectivity index (χ3n) is 5.09. The topological polar surface area (TPSA) is 119 Å². The Labute approximate surface area is 167 Å². The van der Waals surface area contributed by atoms with E-state index in [9.17, 15) is 10.1 Å². The molecule has 148 valence electrons. The van der Waals surface area contributed by atoms with Crippen molar-refractivity contribution in [3.8, 4) is 23.4 Å². The second kappa shape index (κ2) is 7.02. The second-order valence-electron chi connectivity index (χ2n) is 6.81. The molecule has 2 aliphatic rings. The Bertz CT molecular complexity index is 1100. The van der Waals surface area contributed by atoms with Crippen molar-refractivity contribution in [3.63, 3.8) is 0 Å². The van der Waals surface area contributed by atoms with Crippen LogP contribution in [0.25, 0.3) is 0 Å². The molecule has 0 fully saturated rings. The first-order chi connectivity index (χ1) is 14.0. The number of nitrogens with two attached hydrogens (primary N) is 1. The molecule has 4 rings (SSSR count). The summed E-state index contributed by atoms with van der Waals surface area (Å²) >= 11 is 0. The number of primary amides is 1. The van der Waals surface area contributed by atoms with Crippen molar-refractivity contribution >= 4 is 11.6 Å². The van der Waals surface area contributed by atoms with Gasteiger partial charge in [-0.15, -0.1) is 0 Å². The molecule has 0 saturated carbocycles. The Morgan fingerprint density at radius 2 is 2.14 bits per heavy atom. The molecule has 1 amide bonds. The lowest BCUT2D eigenvalue weighted by atomic mass is 9.79. The van der Waals surface area contributed by atoms with Gasteiger partial charge in [-0.3, -0.25) is 4.79 Å². The maximum Gasteiger partial charge on any atom is 0.247 e. The van der Waals surface area contributed by atoms with E-state index in [1.54, 1.807) is 25.3 Å². The van der Waals surface area contributed by atoms with Crippen LogP contribution in [0, 0.1) is 18.3 Å². The minimum Gasteiger partial charge on any atom is -0.478 e. The Balaban J connectivity index is 2.05. The summed E-state index contributed by atoms with van der Waals surface area (Å²) in [7, 11) is 0. The van der Waals surface area contributed by atoms with Crippen molar-refractivity contribution in [2.75, 3.05) is 18.7 Å². The van der Waals surface area contributed by atoms with Gasteiger partial charge in [0.25, 0.3) is 0 Å². The molecule has 0 saturated heterocycles. The highest BCUT2D eigenvalue weighted by Crippen LogP contribution is 2.51. The number of nitriles is 1. The smallest absolute Gasteiger partial charge is 0.247 e. The molecular formula is C21H20N4O4. The van der Waals surface area contributed by atoms with Crippen LogP contribution in [-0.4, -0.2) is 24.3 Å². The highest BCUT2D eigenvalue weighted by atomic mass is 16.7. The largest absolute Gasteiger partial charge is 0.478 e. The van der Waals surface area contributed by atoms with Crippen molar-refractivity contribution in [1.29, 1.82) is 5.26 Å². The maximum absolute atomic E-state index is 12.5. The van der Waals surface area contributed by atoms with E-state index in [1.165, 1.54) is 0 Å². The maximum atomic E-state index is 12.5. The average Bonchev–Trinajstić information content (AvgIpc) is 3.18. The van der Waals surface area contributed by atoms with Crippen molar-refractivity contribution in [1.82, 2.24) is 4.98 Å². The first kappa shape index (κ1) is 18.6. The number of nitrogens with one attached hydrogen (secondary N) is 1. The number of allylic oxidation sites excluding steroid dienone is 1. The van der Waals surface area contributed by atoms with E-state index in [1.807, 2.05) is 13.8 Å². The van der Waals surface area contributed by atoms with Crippen LogP contribution < -0.4 is 25.3 Å². The van der Waals surface area contributed by atoms with E-state index in [-0.39, 0.29) is 6.79 Å². The molecule has 0 unspecified atom stereocenters. The zero-order chi connectivity index (χ0) is 20.7. The molecule has 1 atom stereocenters. The molecule has 0 bridgehead atoms. The highest BCUT2D eigenvalue weighted by Gasteiger charge is 2.39. The van der Waals surface area contributed by atoms with Gasteiger partial charge in [-0.1, -0.05) is 6.07 Å². The van der Waals surface area contributed by atoms with Gasteiger partial charge in [-0.2, -0.15) is 5.26 Å². The van der Waals surface area contributed by atoms with Gasteiger partial charge in [-0.25, -0.2) is 4.98 Å². The Hall–Kier alpha value is -3.73. The Morgan fingerprint density at radius 3 is 2.83 bits per heavy atom. The number of hydrogen-bond acceptors (Lipinski definition) is 7. The van der Waals surface area contributed by atoms with Gasteiger partial charge in [0.2, 0.25) is 18.6 Å². The van der Waals surface area contributed by atoms with Gasteiger partial charge in [0.1, 0.15) is 6.07 Å². The number of pyridine rings is 1. The van der Waals surface area contributed by atoms with Crippen LogP contribution in [0.4, 0.5) is 5.69 Å². The Kier molecular flexibility index (Phi) is 4.51. The van der Waals surface area contributed by atoms with Crippen LogP contribution in [-0.2, 0) is 4.79 Å². The molecule has 8 heteroatoms. The molecule has 1 aromatic heterocycles. The van der Waals surface area contributed by atoms with Crippen molar-refractivity contribution in [3.05, 3.63) is 51.9 Å². The van der Waals surface area contributed by atoms with Crippen LogP contribution in [0.15, 0.2) is 29.6 Å². The summed E-state index contributed by atoms with van der Waals surface area (Å²) in [6, 6.07) is 5.52. The monoisotopic (exact) mass is 392 g/mol. The van der Waals surface area contributed by atoms with Crippen LogP contribution >= 0.6 is 0 Å². The number of hydrogen-bond donors (Lipinski definition) is 2. The number of carbonyl (C=O) groups excluding carboxylic acids is 1. The zero-order valence-electron chi connectivity index (χ0n) is 16.3. The third kappa shape index (κ3) is 2.83. The molecule has 8 nitrogen and oxygen atoms in total. The van der Waals surface area contributed by atoms with Gasteiger partial charge in [0.15, 0.2) is 11.5 Å². The molecule has 29 heavy (non-hydrogen) atoms. The standard InChI is InChI=1S/C21H20N4O4/c1-4-27-21-16-15(13-6-5-12(7-22)18-19(13)29-9-28-18)14(20(23)26)11(3)25-17(16)10(2)8-24-21/h5-6,8,15,25H,4,9H2,1-3H3,(H2,23,26)/t15-/m1/s1. The van der Waals surface area contributed by atoms with Gasteiger partial charge in [0.05, 0.1) is 29.3 Å². The van der Waals surface area contributed by atoms with E-state index in [4.69, 9.17) is 19.9 Å². The van der Waals surface area contributed by atoms with Crippen molar-refractivity contribution in [2.24, 2.45) is 5.73 Å². The van der Waals surface area contributed by atoms with E-state index >= 15 is 0 Å². The lowest BCUT2D eigenvalue weighted by molar-refractivity contribution is -0.114. The molecule has 1 aromatic carbocycles. The van der Waals surface area contributed by atoms with Gasteiger partial charge in [-0.05, 0) is 32.4 Å². The van der Waals surface area contributed by atoms with Crippen LogP contribution in [0.1, 0.15) is 42.0 Å². The molecular weight excluding hydrogens is 372 g/mol. The number of carbonyl (C=O) groups is 1. The van der Waals surface area contributed by atoms with Gasteiger partial charge >= 0.3 is 0 Å². The number of ether oxygens (including phenoxy) is 3. The molecule has 2 aliphatic heterocycles. The fourth-order valence-corrected chi connectivity index (χ4v) is 3.88. The molecule has 0 aliphatic carbocycles. The van der Waals surface area contributed by atoms with E-state index in [2.05, 4.69) is 16.4 Å². The quantitative estimate of drug-likeness (QED) is 0.821. The Morgan fingerprint density at radius 1 is 1.38 bits per heavy atom. The fraction of sp³-hybridized carbons (Fsp3) is 0.286. The molecule has 2 aromatic rings. The number of nitrogens with zero attached hydrogens (tertiary/aromatic N) is 2. The van der Waals surface area contributed by atoms with Crippen LogP contribution in [0.5, 0.6) is 17.4 Å².